The van der Waals surface area contributed by atoms with Crippen molar-refractivity contribution in [1.29, 1.82) is 0 Å². The summed E-state index contributed by atoms with van der Waals surface area (Å²) in [6.45, 7) is 0. The van der Waals surface area contributed by atoms with E-state index in [0.29, 0.717) is 0 Å². The first kappa shape index (κ1) is 8.53. The zero-order chi connectivity index (χ0) is 9.10. The lowest BCUT2D eigenvalue weighted by Crippen LogP contribution is -1.98. The van der Waals surface area contributed by atoms with Crippen molar-refractivity contribution in [1.82, 2.24) is 0 Å². The monoisotopic (exact) mass is 283 g/mol. The van der Waals surface area contributed by atoms with Gasteiger partial charge in [-0.25, -0.2) is 4.79 Å². The quantitative estimate of drug-likeness (QED) is 0.442. The van der Waals surface area contributed by atoms with Crippen LogP contribution in [0.3, 0.4) is 0 Å². The molecule has 2 nitrogen and oxygen atoms in total. The minimum atomic E-state index is -0.240. The molecule has 1 aromatic rings. The average Bonchev–Trinajstić information content (AvgIpc) is 2.19. The molecule has 13 heavy (non-hydrogen) atoms. The Labute approximate surface area is 85.7 Å². The van der Waals surface area contributed by atoms with E-state index in [1.54, 1.807) is 6.08 Å². The third-order valence-corrected chi connectivity index (χ3v) is 3.87. The number of fused-ring (bicyclic) bond motifs is 1. The number of hydrogen-bond acceptors (Lipinski definition) is 2. The molecule has 0 atom stereocenters. The van der Waals surface area contributed by atoms with Crippen LogP contribution < -0.4 is 0 Å². The van der Waals surface area contributed by atoms with Crippen LogP contribution in [0.4, 0.5) is 0 Å². The number of carbonyl (C=O) groups excluding carboxylic acids is 1. The Hall–Kier alpha value is -1.06. The maximum absolute atomic E-state index is 10.2. The van der Waals surface area contributed by atoms with Gasteiger partial charge in [0.25, 0.3) is 0 Å². The van der Waals surface area contributed by atoms with Gasteiger partial charge < -0.3 is 0 Å². The lowest BCUT2D eigenvalue weighted by Gasteiger charge is -2.06. The lowest BCUT2D eigenvalue weighted by molar-refractivity contribution is 0.566. The van der Waals surface area contributed by atoms with Crippen LogP contribution in [0.2, 0.25) is 0 Å². The van der Waals surface area contributed by atoms with Crippen LogP contribution in [0.1, 0.15) is 11.1 Å². The molecule has 0 spiro atoms. The van der Waals surface area contributed by atoms with Gasteiger partial charge >= 0.3 is 0 Å². The number of nitrogens with zero attached hydrogens (tertiary/aromatic N) is 1. The van der Waals surface area contributed by atoms with E-state index >= 15 is 0 Å². The predicted octanol–water partition coefficient (Wildman–Crippen LogP) is 2.46. The van der Waals surface area contributed by atoms with Crippen LogP contribution in [0.5, 0.6) is 0 Å². The van der Waals surface area contributed by atoms with Crippen LogP contribution in [0.25, 0.3) is 6.08 Å². The molecule has 1 aromatic carbocycles. The molecular weight excluding hydrogens is 277 g/mol. The molecule has 0 bridgehead atoms. The van der Waals surface area contributed by atoms with Gasteiger partial charge in [-0.2, -0.15) is 4.99 Å². The van der Waals surface area contributed by atoms with E-state index in [1.807, 2.05) is 24.3 Å². The van der Waals surface area contributed by atoms with Crippen molar-refractivity contribution in [3.8, 4) is 0 Å². The molecule has 64 valence electrons. The van der Waals surface area contributed by atoms with Gasteiger partial charge in [0.1, 0.15) is 3.63 Å². The van der Waals surface area contributed by atoms with Gasteiger partial charge in [0.05, 0.1) is 0 Å². The Bertz CT molecular complexity index is 442. The fourth-order valence-corrected chi connectivity index (χ4v) is 3.14. The molecule has 2 rings (SSSR count). The first-order valence-electron chi connectivity index (χ1n) is 3.76. The SMILES string of the molecule is O=C=NC1=IC=Cc2ccccc21. The van der Waals surface area contributed by atoms with Crippen LogP contribution in [-0.2, 0) is 4.79 Å². The molecule has 0 saturated heterocycles. The van der Waals surface area contributed by atoms with Crippen LogP contribution in [-0.4, -0.2) is 9.71 Å². The van der Waals surface area contributed by atoms with Crippen molar-refractivity contribution in [2.24, 2.45) is 4.99 Å². The van der Waals surface area contributed by atoms with E-state index in [9.17, 15) is 4.79 Å². The van der Waals surface area contributed by atoms with Crippen LogP contribution in [0.15, 0.2) is 33.3 Å². The molecule has 1 heterocycles. The molecule has 0 aromatic heterocycles. The van der Waals surface area contributed by atoms with Gasteiger partial charge in [-0.05, 0) is 15.7 Å². The zero-order valence-corrected chi connectivity index (χ0v) is 8.86. The molecular formula is C10H6INO. The number of aliphatic imine (C=N–C) groups is 1. The summed E-state index contributed by atoms with van der Waals surface area (Å²) in [4.78, 5) is 13.9. The number of hydrogen-bond donors (Lipinski definition) is 0. The maximum Gasteiger partial charge on any atom is 0.240 e. The Morgan fingerprint density at radius 3 is 3.00 bits per heavy atom. The summed E-state index contributed by atoms with van der Waals surface area (Å²) in [5.74, 6) is 0. The minimum absolute atomic E-state index is 0.240. The van der Waals surface area contributed by atoms with Gasteiger partial charge in [0.15, 0.2) is 0 Å². The topological polar surface area (TPSA) is 29.4 Å². The second-order valence-corrected chi connectivity index (χ2v) is 4.85. The predicted molar refractivity (Wildman–Crippen MR) is 61.7 cm³/mol. The van der Waals surface area contributed by atoms with Gasteiger partial charge in [-0.15, -0.1) is 0 Å². The van der Waals surface area contributed by atoms with E-state index in [-0.39, 0.29) is 20.7 Å². The van der Waals surface area contributed by atoms with Gasteiger partial charge in [0, 0.05) is 5.56 Å². The number of rotatable bonds is 1. The summed E-state index contributed by atoms with van der Waals surface area (Å²) in [5.41, 5.74) is 2.23. The van der Waals surface area contributed by atoms with Crippen molar-refractivity contribution in [3.63, 3.8) is 0 Å². The fraction of sp³-hybridized carbons (Fsp3) is 0. The molecule has 0 fully saturated rings. The first-order valence-corrected chi connectivity index (χ1v) is 6.08. The molecule has 0 radical (unpaired) electrons. The molecule has 3 heteroatoms. The summed E-state index contributed by atoms with van der Waals surface area (Å²) in [6, 6.07) is 7.96. The number of halogens is 1. The normalized spacial score (nSPS) is 13.4. The Morgan fingerprint density at radius 1 is 1.31 bits per heavy atom. The lowest BCUT2D eigenvalue weighted by atomic mass is 10.1. The fourth-order valence-electron chi connectivity index (χ4n) is 1.17. The van der Waals surface area contributed by atoms with E-state index in [2.05, 4.69) is 15.2 Å². The molecule has 0 amide bonds. The molecule has 0 saturated carbocycles. The van der Waals surface area contributed by atoms with Gasteiger partial charge in [-0.1, -0.05) is 45.0 Å². The van der Waals surface area contributed by atoms with Crippen molar-refractivity contribution < 1.29 is 4.79 Å². The second-order valence-electron chi connectivity index (χ2n) is 2.48. The highest BCUT2D eigenvalue weighted by Crippen LogP contribution is 2.23. The summed E-state index contributed by atoms with van der Waals surface area (Å²) >= 11 is -0.240. The molecule has 0 N–H and O–H groups in total. The van der Waals surface area contributed by atoms with Crippen molar-refractivity contribution in [2.75, 3.05) is 0 Å². The number of isocyanates is 1. The van der Waals surface area contributed by atoms with Gasteiger partial charge in [0.2, 0.25) is 6.08 Å². The summed E-state index contributed by atoms with van der Waals surface area (Å²) < 4.78 is 3.02. The largest absolute Gasteiger partial charge is 0.240 e. The molecule has 1 aliphatic rings. The molecule has 1 aliphatic heterocycles. The van der Waals surface area contributed by atoms with E-state index in [0.717, 1.165) is 14.8 Å². The smallest absolute Gasteiger partial charge is 0.211 e. The third-order valence-electron chi connectivity index (χ3n) is 1.74. The Kier molecular flexibility index (Phi) is 2.47. The second kappa shape index (κ2) is 3.77. The maximum atomic E-state index is 10.2. The van der Waals surface area contributed by atoms with Crippen LogP contribution in [0, 0.1) is 0 Å². The van der Waals surface area contributed by atoms with Crippen molar-refractivity contribution in [2.45, 2.75) is 0 Å². The third kappa shape index (κ3) is 1.66. The summed E-state index contributed by atoms with van der Waals surface area (Å²) in [5, 5.41) is 0. The van der Waals surface area contributed by atoms with Crippen molar-refractivity contribution in [3.05, 3.63) is 39.5 Å². The first-order chi connectivity index (χ1) is 6.42. The van der Waals surface area contributed by atoms with Crippen LogP contribution >= 0.6 is 20.7 Å². The number of benzene rings is 1. The van der Waals surface area contributed by atoms with E-state index in [1.165, 1.54) is 0 Å². The van der Waals surface area contributed by atoms with E-state index < -0.39 is 0 Å². The average molecular weight is 283 g/mol. The minimum Gasteiger partial charge on any atom is -0.211 e. The highest BCUT2D eigenvalue weighted by atomic mass is 127. The Balaban J connectivity index is 2.60. The molecule has 0 aliphatic carbocycles. The standard InChI is InChI=1S/C10H6INO/c13-7-12-10-9-4-2-1-3-8(9)5-6-11-10/h1-6H. The molecule has 0 unspecified atom stereocenters. The highest BCUT2D eigenvalue weighted by molar-refractivity contribution is 14.2. The zero-order valence-electron chi connectivity index (χ0n) is 6.70. The van der Waals surface area contributed by atoms with Gasteiger partial charge in [-0.3, -0.25) is 0 Å². The van der Waals surface area contributed by atoms with Crippen molar-refractivity contribution >= 4 is 36.5 Å². The highest BCUT2D eigenvalue weighted by Gasteiger charge is 2.07. The van der Waals surface area contributed by atoms with E-state index in [4.69, 9.17) is 0 Å². The summed E-state index contributed by atoms with van der Waals surface area (Å²) in [7, 11) is 0. The summed E-state index contributed by atoms with van der Waals surface area (Å²) in [6.07, 6.45) is 3.70. The Morgan fingerprint density at radius 2 is 2.15 bits per heavy atom.